The largest absolute Gasteiger partial charge is 0.471 e. The van der Waals surface area contributed by atoms with E-state index < -0.39 is 4.92 Å². The maximum absolute atomic E-state index is 12.1. The number of carbonyl (C=O) groups is 1. The Morgan fingerprint density at radius 2 is 2.18 bits per heavy atom. The van der Waals surface area contributed by atoms with E-state index in [0.29, 0.717) is 22.2 Å². The Bertz CT molecular complexity index is 999. The van der Waals surface area contributed by atoms with E-state index in [1.54, 1.807) is 37.4 Å². The average molecular weight is 405 g/mol. The minimum Gasteiger partial charge on any atom is -0.471 e. The molecule has 2 aromatic heterocycles. The molecular formula is C17H17ClN6O4. The van der Waals surface area contributed by atoms with Gasteiger partial charge in [-0.25, -0.2) is 4.68 Å². The Morgan fingerprint density at radius 1 is 1.36 bits per heavy atom. The Kier molecular flexibility index (Phi) is 5.90. The van der Waals surface area contributed by atoms with E-state index in [1.165, 1.54) is 21.8 Å². The molecule has 1 aromatic carbocycles. The molecule has 0 bridgehead atoms. The van der Waals surface area contributed by atoms with Gasteiger partial charge < -0.3 is 10.1 Å². The molecule has 3 aromatic rings. The lowest BCUT2D eigenvalue weighted by atomic mass is 10.3. The summed E-state index contributed by atoms with van der Waals surface area (Å²) >= 11 is 5.90. The average Bonchev–Trinajstić information content (AvgIpc) is 3.24. The first-order valence-electron chi connectivity index (χ1n) is 8.30. The molecule has 0 unspecified atom stereocenters. The quantitative estimate of drug-likeness (QED) is 0.455. The number of hydrogen-bond donors (Lipinski definition) is 1. The third-order valence-corrected chi connectivity index (χ3v) is 4.00. The van der Waals surface area contributed by atoms with Gasteiger partial charge in [0.2, 0.25) is 5.91 Å². The van der Waals surface area contributed by atoms with Gasteiger partial charge in [0.05, 0.1) is 23.0 Å². The van der Waals surface area contributed by atoms with Crippen LogP contribution in [0.15, 0.2) is 42.9 Å². The molecule has 0 aliphatic heterocycles. The molecule has 0 atom stereocenters. The van der Waals surface area contributed by atoms with Crippen LogP contribution in [0.5, 0.6) is 5.75 Å². The van der Waals surface area contributed by atoms with Crippen LogP contribution in [0.2, 0.25) is 5.02 Å². The van der Waals surface area contributed by atoms with Crippen LogP contribution in [0.3, 0.4) is 0 Å². The number of anilines is 1. The van der Waals surface area contributed by atoms with Gasteiger partial charge in [0.15, 0.2) is 6.73 Å². The molecule has 0 fully saturated rings. The first kappa shape index (κ1) is 19.4. The van der Waals surface area contributed by atoms with Gasteiger partial charge in [0, 0.05) is 18.0 Å². The summed E-state index contributed by atoms with van der Waals surface area (Å²) in [5, 5.41) is 22.2. The maximum atomic E-state index is 12.1. The highest BCUT2D eigenvalue weighted by Gasteiger charge is 2.15. The lowest BCUT2D eigenvalue weighted by molar-refractivity contribution is -0.385. The molecule has 0 radical (unpaired) electrons. The number of halogens is 1. The summed E-state index contributed by atoms with van der Waals surface area (Å²) in [6.45, 7) is 1.94. The summed E-state index contributed by atoms with van der Waals surface area (Å²) in [5.41, 5.74) is 0.759. The molecule has 3 rings (SSSR count). The molecular weight excluding hydrogens is 388 g/mol. The van der Waals surface area contributed by atoms with E-state index in [4.69, 9.17) is 16.3 Å². The lowest BCUT2D eigenvalue weighted by Gasteiger charge is -2.06. The number of aromatic nitrogens is 4. The summed E-state index contributed by atoms with van der Waals surface area (Å²) in [7, 11) is 0. The molecule has 0 spiro atoms. The fraction of sp³-hybridized carbons (Fsp3) is 0.235. The molecule has 0 saturated heterocycles. The molecule has 0 aliphatic rings. The summed E-state index contributed by atoms with van der Waals surface area (Å²) in [4.78, 5) is 22.4. The molecule has 28 heavy (non-hydrogen) atoms. The van der Waals surface area contributed by atoms with Gasteiger partial charge >= 0.3 is 5.69 Å². The minimum absolute atomic E-state index is 0.0682. The van der Waals surface area contributed by atoms with Gasteiger partial charge in [0.1, 0.15) is 17.6 Å². The third kappa shape index (κ3) is 5.07. The number of nitro groups is 1. The monoisotopic (exact) mass is 404 g/mol. The molecule has 1 amide bonds. The van der Waals surface area contributed by atoms with Crippen molar-refractivity contribution in [1.29, 1.82) is 0 Å². The maximum Gasteiger partial charge on any atom is 0.309 e. The number of carbonyl (C=O) groups excluding carboxylic acids is 1. The van der Waals surface area contributed by atoms with E-state index in [-0.39, 0.29) is 31.3 Å². The molecule has 2 heterocycles. The van der Waals surface area contributed by atoms with Crippen LogP contribution in [-0.2, 0) is 18.1 Å². The van der Waals surface area contributed by atoms with Gasteiger partial charge in [-0.3, -0.25) is 19.6 Å². The summed E-state index contributed by atoms with van der Waals surface area (Å²) in [5.74, 6) is 0.350. The second kappa shape index (κ2) is 8.53. The molecule has 1 N–H and O–H groups in total. The molecule has 11 heteroatoms. The van der Waals surface area contributed by atoms with E-state index in [1.807, 2.05) is 0 Å². The molecule has 0 saturated carbocycles. The highest BCUT2D eigenvalue weighted by Crippen LogP contribution is 2.18. The molecule has 10 nitrogen and oxygen atoms in total. The van der Waals surface area contributed by atoms with Crippen molar-refractivity contribution in [3.63, 3.8) is 0 Å². The van der Waals surface area contributed by atoms with E-state index >= 15 is 0 Å². The van der Waals surface area contributed by atoms with E-state index in [9.17, 15) is 14.9 Å². The zero-order chi connectivity index (χ0) is 20.1. The van der Waals surface area contributed by atoms with E-state index in [0.717, 1.165) is 0 Å². The second-order valence-electron chi connectivity index (χ2n) is 5.92. The SMILES string of the molecule is Cc1nn(CCC(=O)Nc2cnn(COc3cccc(Cl)c3)c2)cc1[N+](=O)[O-]. The molecule has 146 valence electrons. The topological polar surface area (TPSA) is 117 Å². The standard InChI is InChI=1S/C17H17ClN6O4/c1-12-16(24(26)27)10-22(21-12)6-5-17(25)20-14-8-19-23(9-14)11-28-15-4-2-3-13(18)7-15/h2-4,7-10H,5-6,11H2,1H3,(H,20,25). The molecule has 0 aliphatic carbocycles. The number of aryl methyl sites for hydroxylation is 2. The van der Waals surface area contributed by atoms with Crippen molar-refractivity contribution in [2.75, 3.05) is 5.32 Å². The minimum atomic E-state index is -0.501. The Hall–Kier alpha value is -3.40. The van der Waals surface area contributed by atoms with Crippen LogP contribution in [0, 0.1) is 17.0 Å². The van der Waals surface area contributed by atoms with Crippen molar-refractivity contribution in [1.82, 2.24) is 19.6 Å². The van der Waals surface area contributed by atoms with Gasteiger partial charge in [-0.1, -0.05) is 17.7 Å². The summed E-state index contributed by atoms with van der Waals surface area (Å²) in [6.07, 6.45) is 4.56. The number of hydrogen-bond acceptors (Lipinski definition) is 6. The van der Waals surface area contributed by atoms with Crippen molar-refractivity contribution in [3.8, 4) is 5.75 Å². The van der Waals surface area contributed by atoms with E-state index in [2.05, 4.69) is 15.5 Å². The van der Waals surface area contributed by atoms with Crippen molar-refractivity contribution in [2.24, 2.45) is 0 Å². The lowest BCUT2D eigenvalue weighted by Crippen LogP contribution is -2.14. The number of nitrogens with zero attached hydrogens (tertiary/aromatic N) is 5. The van der Waals surface area contributed by atoms with Crippen LogP contribution in [-0.4, -0.2) is 30.4 Å². The Labute approximate surface area is 164 Å². The zero-order valence-electron chi connectivity index (χ0n) is 14.9. The van der Waals surface area contributed by atoms with Crippen LogP contribution < -0.4 is 10.1 Å². The summed E-state index contributed by atoms with van der Waals surface area (Å²) < 4.78 is 8.47. The second-order valence-corrected chi connectivity index (χ2v) is 6.35. The van der Waals surface area contributed by atoms with Gasteiger partial charge in [-0.15, -0.1) is 0 Å². The van der Waals surface area contributed by atoms with Crippen LogP contribution in [0.4, 0.5) is 11.4 Å². The van der Waals surface area contributed by atoms with Gasteiger partial charge in [-0.05, 0) is 25.1 Å². The highest BCUT2D eigenvalue weighted by molar-refractivity contribution is 6.30. The van der Waals surface area contributed by atoms with Crippen molar-refractivity contribution in [3.05, 3.63) is 63.7 Å². The first-order chi connectivity index (χ1) is 13.4. The number of benzene rings is 1. The Morgan fingerprint density at radius 3 is 2.89 bits per heavy atom. The van der Waals surface area contributed by atoms with Crippen LogP contribution in [0.25, 0.3) is 0 Å². The van der Waals surface area contributed by atoms with Gasteiger partial charge in [0.25, 0.3) is 0 Å². The number of nitrogens with one attached hydrogen (secondary N) is 1. The number of amides is 1. The summed E-state index contributed by atoms with van der Waals surface area (Å²) in [6, 6.07) is 7.00. The van der Waals surface area contributed by atoms with Crippen molar-refractivity contribution < 1.29 is 14.5 Å². The first-order valence-corrected chi connectivity index (χ1v) is 8.67. The van der Waals surface area contributed by atoms with Crippen LogP contribution >= 0.6 is 11.6 Å². The zero-order valence-corrected chi connectivity index (χ0v) is 15.7. The van der Waals surface area contributed by atoms with Crippen molar-refractivity contribution in [2.45, 2.75) is 26.6 Å². The Balaban J connectivity index is 1.48. The fourth-order valence-corrected chi connectivity index (χ4v) is 2.62. The predicted octanol–water partition coefficient (Wildman–Crippen LogP) is 3.01. The normalized spacial score (nSPS) is 10.6. The predicted molar refractivity (Wildman–Crippen MR) is 101 cm³/mol. The van der Waals surface area contributed by atoms with Crippen molar-refractivity contribution >= 4 is 28.9 Å². The third-order valence-electron chi connectivity index (χ3n) is 3.76. The fourth-order valence-electron chi connectivity index (χ4n) is 2.44. The highest BCUT2D eigenvalue weighted by atomic mass is 35.5. The van der Waals surface area contributed by atoms with Gasteiger partial charge in [-0.2, -0.15) is 10.2 Å². The smallest absolute Gasteiger partial charge is 0.309 e. The number of rotatable bonds is 8. The van der Waals surface area contributed by atoms with Crippen LogP contribution in [0.1, 0.15) is 12.1 Å². The number of ether oxygens (including phenoxy) is 1.